The van der Waals surface area contributed by atoms with Gasteiger partial charge < -0.3 is 10.5 Å². The number of carbonyl (C=O) groups is 1. The van der Waals surface area contributed by atoms with Crippen LogP contribution in [0.3, 0.4) is 0 Å². The molecule has 0 aliphatic carbocycles. The topological polar surface area (TPSA) is 52.3 Å². The summed E-state index contributed by atoms with van der Waals surface area (Å²) in [6.45, 7) is -0.378. The number of hydrogen-bond acceptors (Lipinski definition) is 3. The lowest BCUT2D eigenvalue weighted by Crippen LogP contribution is -2.20. The van der Waals surface area contributed by atoms with Crippen molar-refractivity contribution in [2.75, 3.05) is 20.3 Å². The van der Waals surface area contributed by atoms with E-state index >= 15 is 0 Å². The Morgan fingerprint density at radius 1 is 1.73 bits per heavy atom. The number of rotatable bonds is 4. The van der Waals surface area contributed by atoms with Crippen molar-refractivity contribution in [3.05, 3.63) is 0 Å². The third-order valence-electron chi connectivity index (χ3n) is 1.23. The Kier molecular flexibility index (Phi) is 9.34. The van der Waals surface area contributed by atoms with Gasteiger partial charge in [-0.3, -0.25) is 9.18 Å². The van der Waals surface area contributed by atoms with Crippen LogP contribution < -0.4 is 5.73 Å². The molecule has 0 rings (SSSR count). The molecule has 0 heterocycles. The maximum absolute atomic E-state index is 11.9. The second kappa shape index (κ2) is 7.75. The first kappa shape index (κ1) is 13.3. The first-order valence-electron chi connectivity index (χ1n) is 3.07. The van der Waals surface area contributed by atoms with Crippen molar-refractivity contribution in [3.8, 4) is 0 Å². The number of hydrogen-bond donors (Lipinski definition) is 1. The van der Waals surface area contributed by atoms with Crippen molar-refractivity contribution in [1.29, 1.82) is 0 Å². The van der Waals surface area contributed by atoms with Gasteiger partial charge in [0, 0.05) is 5.92 Å². The highest BCUT2D eigenvalue weighted by Crippen LogP contribution is 2.02. The van der Waals surface area contributed by atoms with Crippen molar-refractivity contribution in [2.45, 2.75) is 6.42 Å². The van der Waals surface area contributed by atoms with Gasteiger partial charge >= 0.3 is 5.97 Å². The zero-order valence-electron chi connectivity index (χ0n) is 6.38. The molecule has 5 heteroatoms. The zero-order valence-corrected chi connectivity index (χ0v) is 7.20. The highest BCUT2D eigenvalue weighted by molar-refractivity contribution is 5.85. The molecule has 0 aromatic rings. The average Bonchev–Trinajstić information content (AvgIpc) is 1.99. The predicted molar refractivity (Wildman–Crippen MR) is 42.4 cm³/mol. The van der Waals surface area contributed by atoms with E-state index in [1.54, 1.807) is 0 Å². The van der Waals surface area contributed by atoms with E-state index in [1.165, 1.54) is 7.11 Å². The van der Waals surface area contributed by atoms with Crippen LogP contribution >= 0.6 is 12.4 Å². The molecule has 1 atom stereocenters. The fraction of sp³-hybridized carbons (Fsp3) is 0.833. The molecule has 0 aromatic carbocycles. The van der Waals surface area contributed by atoms with Crippen molar-refractivity contribution in [1.82, 2.24) is 0 Å². The molecular weight excluding hydrogens is 173 g/mol. The number of esters is 1. The van der Waals surface area contributed by atoms with Gasteiger partial charge in [0.1, 0.15) is 0 Å². The molecule has 2 N–H and O–H groups in total. The Balaban J connectivity index is 0. The zero-order chi connectivity index (χ0) is 7.98. The number of methoxy groups -OCH3 is 1. The van der Waals surface area contributed by atoms with Crippen molar-refractivity contribution < 1.29 is 13.9 Å². The highest BCUT2D eigenvalue weighted by Gasteiger charge is 2.11. The molecule has 0 saturated carbocycles. The van der Waals surface area contributed by atoms with E-state index in [2.05, 4.69) is 4.74 Å². The minimum atomic E-state index is -0.564. The molecular formula is C6H13ClFNO2. The Labute approximate surface area is 71.5 Å². The largest absolute Gasteiger partial charge is 0.469 e. The molecule has 1 unspecified atom stereocenters. The molecule has 0 spiro atoms. The lowest BCUT2D eigenvalue weighted by atomic mass is 10.1. The van der Waals surface area contributed by atoms with E-state index in [9.17, 15) is 9.18 Å². The van der Waals surface area contributed by atoms with Gasteiger partial charge in [-0.15, -0.1) is 12.4 Å². The molecule has 0 bridgehead atoms. The third-order valence-corrected chi connectivity index (χ3v) is 1.23. The van der Waals surface area contributed by atoms with Gasteiger partial charge in [-0.1, -0.05) is 0 Å². The van der Waals surface area contributed by atoms with E-state index < -0.39 is 12.6 Å². The summed E-state index contributed by atoms with van der Waals surface area (Å²) in [5, 5.41) is 0. The second-order valence-electron chi connectivity index (χ2n) is 2.04. The quantitative estimate of drug-likeness (QED) is 0.650. The summed E-state index contributed by atoms with van der Waals surface area (Å²) in [5.41, 5.74) is 5.14. The third kappa shape index (κ3) is 6.06. The number of carbonyl (C=O) groups excluding carboxylic acids is 1. The summed E-state index contributed by atoms with van der Waals surface area (Å²) in [4.78, 5) is 10.5. The van der Waals surface area contributed by atoms with Crippen molar-refractivity contribution >= 4 is 18.4 Å². The van der Waals surface area contributed by atoms with Crippen LogP contribution in [0.1, 0.15) is 6.42 Å². The normalized spacial score (nSPS) is 11.5. The molecule has 0 aliphatic heterocycles. The lowest BCUT2D eigenvalue weighted by molar-refractivity contribution is -0.141. The number of halogens is 2. The van der Waals surface area contributed by atoms with E-state index in [0.29, 0.717) is 0 Å². The van der Waals surface area contributed by atoms with Gasteiger partial charge in [0.05, 0.1) is 20.2 Å². The Morgan fingerprint density at radius 2 is 2.27 bits per heavy atom. The lowest BCUT2D eigenvalue weighted by Gasteiger charge is -2.06. The maximum Gasteiger partial charge on any atom is 0.305 e. The standard InChI is InChI=1S/C6H12FNO2.ClH/c1-10-6(9)2-5(3-7)4-8;/h5H,2-4,8H2,1H3;1H. The van der Waals surface area contributed by atoms with E-state index in [1.807, 2.05) is 0 Å². The van der Waals surface area contributed by atoms with E-state index in [4.69, 9.17) is 5.73 Å². The summed E-state index contributed by atoms with van der Waals surface area (Å²) in [5.74, 6) is -0.791. The van der Waals surface area contributed by atoms with E-state index in [0.717, 1.165) is 0 Å². The van der Waals surface area contributed by atoms with Gasteiger partial charge in [0.2, 0.25) is 0 Å². The van der Waals surface area contributed by atoms with Crippen LogP contribution in [-0.2, 0) is 9.53 Å². The van der Waals surface area contributed by atoms with Crippen molar-refractivity contribution in [3.63, 3.8) is 0 Å². The monoisotopic (exact) mass is 185 g/mol. The summed E-state index contributed by atoms with van der Waals surface area (Å²) in [6.07, 6.45) is 0.0729. The van der Waals surface area contributed by atoms with Crippen LogP contribution in [0.5, 0.6) is 0 Å². The summed E-state index contributed by atoms with van der Waals surface area (Å²) < 4.78 is 16.2. The van der Waals surface area contributed by atoms with Crippen LogP contribution in [0.25, 0.3) is 0 Å². The highest BCUT2D eigenvalue weighted by atomic mass is 35.5. The smallest absolute Gasteiger partial charge is 0.305 e. The molecule has 3 nitrogen and oxygen atoms in total. The van der Waals surface area contributed by atoms with Gasteiger partial charge in [0.15, 0.2) is 0 Å². The molecule has 11 heavy (non-hydrogen) atoms. The Morgan fingerprint density at radius 3 is 2.55 bits per heavy atom. The number of ether oxygens (including phenoxy) is 1. The summed E-state index contributed by atoms with van der Waals surface area (Å²) in [7, 11) is 1.27. The second-order valence-corrected chi connectivity index (χ2v) is 2.04. The maximum atomic E-state index is 11.9. The minimum Gasteiger partial charge on any atom is -0.469 e. The number of alkyl halides is 1. The fourth-order valence-corrected chi connectivity index (χ4v) is 0.520. The fourth-order valence-electron chi connectivity index (χ4n) is 0.520. The molecule has 0 aromatic heterocycles. The predicted octanol–water partition coefficient (Wildman–Crippen LogP) is 0.516. The van der Waals surface area contributed by atoms with Crippen molar-refractivity contribution in [2.24, 2.45) is 11.7 Å². The van der Waals surface area contributed by atoms with Gasteiger partial charge in [-0.05, 0) is 6.54 Å². The minimum absolute atomic E-state index is 0. The molecule has 0 fully saturated rings. The number of nitrogens with two attached hydrogens (primary N) is 1. The van der Waals surface area contributed by atoms with Crippen LogP contribution in [0, 0.1) is 5.92 Å². The van der Waals surface area contributed by atoms with Crippen LogP contribution in [0.15, 0.2) is 0 Å². The van der Waals surface area contributed by atoms with Crippen LogP contribution in [0.2, 0.25) is 0 Å². The SMILES string of the molecule is COC(=O)CC(CN)CF.Cl. The Hall–Kier alpha value is -0.350. The molecule has 0 radical (unpaired) electrons. The molecule has 68 valence electrons. The van der Waals surface area contributed by atoms with Gasteiger partial charge in [-0.2, -0.15) is 0 Å². The van der Waals surface area contributed by atoms with Crippen LogP contribution in [-0.4, -0.2) is 26.3 Å². The van der Waals surface area contributed by atoms with E-state index in [-0.39, 0.29) is 31.3 Å². The average molecular weight is 186 g/mol. The Bertz CT molecular complexity index is 109. The van der Waals surface area contributed by atoms with Crippen LogP contribution in [0.4, 0.5) is 4.39 Å². The molecule has 0 aliphatic rings. The van der Waals surface area contributed by atoms with Gasteiger partial charge in [-0.25, -0.2) is 0 Å². The summed E-state index contributed by atoms with van der Waals surface area (Å²) in [6, 6.07) is 0. The van der Waals surface area contributed by atoms with Gasteiger partial charge in [0.25, 0.3) is 0 Å². The molecule has 0 saturated heterocycles. The summed E-state index contributed by atoms with van der Waals surface area (Å²) >= 11 is 0. The molecule has 0 amide bonds. The first-order chi connectivity index (χ1) is 4.74. The first-order valence-corrected chi connectivity index (χ1v) is 3.07.